The number of Topliss-reactive ketones (excluding diaryl/α,β-unsaturated/α-hetero) is 1. The van der Waals surface area contributed by atoms with Crippen LogP contribution in [0.15, 0.2) is 11.6 Å². The van der Waals surface area contributed by atoms with Gasteiger partial charge in [0.25, 0.3) is 0 Å². The molecule has 4 aliphatic carbocycles. The van der Waals surface area contributed by atoms with Gasteiger partial charge in [0, 0.05) is 17.8 Å². The maximum absolute atomic E-state index is 12.2. The number of allylic oxidation sites excluding steroid dienone is 1. The summed E-state index contributed by atoms with van der Waals surface area (Å²) in [4.78, 5) is 24.0. The summed E-state index contributed by atoms with van der Waals surface area (Å²) < 4.78 is 0. The van der Waals surface area contributed by atoms with Crippen molar-refractivity contribution in [2.45, 2.75) is 77.7 Å². The summed E-state index contributed by atoms with van der Waals surface area (Å²) in [5.74, 6) is 1.27. The first-order chi connectivity index (χ1) is 11.2. The average Bonchev–Trinajstić information content (AvgIpc) is 2.80. The standard InChI is InChI=1S/C21H30O3/c1-13(22)16-8-11-21(24)18-5-4-14-12-15(23)6-9-19(14,2)17(18)7-10-20(16,21)3/h12,16-18,24H,4-11H2,1-3H3/t16-,17+,18-,19+,20-,21-/m1/s1. The largest absolute Gasteiger partial charge is 0.389 e. The second kappa shape index (κ2) is 5.03. The van der Waals surface area contributed by atoms with E-state index in [-0.39, 0.29) is 34.2 Å². The Balaban J connectivity index is 1.73. The third kappa shape index (κ3) is 1.88. The van der Waals surface area contributed by atoms with Crippen LogP contribution in [0.25, 0.3) is 0 Å². The molecule has 6 atom stereocenters. The molecule has 1 N–H and O–H groups in total. The Morgan fingerprint density at radius 1 is 1.08 bits per heavy atom. The van der Waals surface area contributed by atoms with Gasteiger partial charge in [0.2, 0.25) is 0 Å². The summed E-state index contributed by atoms with van der Waals surface area (Å²) in [5.41, 5.74) is 0.431. The average molecular weight is 330 g/mol. The third-order valence-electron chi connectivity index (χ3n) is 8.64. The van der Waals surface area contributed by atoms with Crippen LogP contribution in [0.1, 0.15) is 72.1 Å². The van der Waals surface area contributed by atoms with E-state index in [2.05, 4.69) is 13.8 Å². The molecule has 0 aliphatic heterocycles. The fourth-order valence-corrected chi connectivity index (χ4v) is 7.18. The number of hydrogen-bond acceptors (Lipinski definition) is 3. The topological polar surface area (TPSA) is 54.4 Å². The minimum atomic E-state index is -0.706. The van der Waals surface area contributed by atoms with Gasteiger partial charge in [-0.2, -0.15) is 0 Å². The van der Waals surface area contributed by atoms with Gasteiger partial charge in [-0.3, -0.25) is 9.59 Å². The van der Waals surface area contributed by atoms with Crippen LogP contribution in [-0.2, 0) is 9.59 Å². The molecule has 3 fully saturated rings. The van der Waals surface area contributed by atoms with Crippen LogP contribution in [0.4, 0.5) is 0 Å². The summed E-state index contributed by atoms with van der Waals surface area (Å²) in [6.07, 6.45) is 9.01. The van der Waals surface area contributed by atoms with Crippen molar-refractivity contribution in [3.63, 3.8) is 0 Å². The molecule has 0 aromatic heterocycles. The van der Waals surface area contributed by atoms with Gasteiger partial charge in [-0.1, -0.05) is 19.4 Å². The van der Waals surface area contributed by atoms with Crippen LogP contribution in [-0.4, -0.2) is 22.3 Å². The van der Waals surface area contributed by atoms with E-state index in [9.17, 15) is 14.7 Å². The maximum Gasteiger partial charge on any atom is 0.155 e. The van der Waals surface area contributed by atoms with Crippen molar-refractivity contribution in [3.05, 3.63) is 11.6 Å². The Hall–Kier alpha value is -0.960. The first-order valence-corrected chi connectivity index (χ1v) is 9.69. The molecule has 3 saturated carbocycles. The van der Waals surface area contributed by atoms with E-state index in [1.807, 2.05) is 6.08 Å². The zero-order valence-electron chi connectivity index (χ0n) is 15.2. The van der Waals surface area contributed by atoms with E-state index < -0.39 is 5.60 Å². The smallest absolute Gasteiger partial charge is 0.155 e. The lowest BCUT2D eigenvalue weighted by Crippen LogP contribution is -2.61. The second-order valence-corrected chi connectivity index (χ2v) is 9.39. The minimum absolute atomic E-state index is 0.0149. The number of hydrogen-bond donors (Lipinski definition) is 1. The van der Waals surface area contributed by atoms with Crippen molar-refractivity contribution in [3.8, 4) is 0 Å². The second-order valence-electron chi connectivity index (χ2n) is 9.39. The molecule has 0 aromatic carbocycles. The molecular formula is C21H30O3. The van der Waals surface area contributed by atoms with Crippen LogP contribution in [0.3, 0.4) is 0 Å². The molecule has 4 aliphatic rings. The van der Waals surface area contributed by atoms with Crippen LogP contribution < -0.4 is 0 Å². The quantitative estimate of drug-likeness (QED) is 0.795. The van der Waals surface area contributed by atoms with Gasteiger partial charge in [0.1, 0.15) is 5.78 Å². The predicted octanol–water partition coefficient (Wildman–Crippen LogP) is 3.84. The van der Waals surface area contributed by atoms with Crippen molar-refractivity contribution < 1.29 is 14.7 Å². The zero-order chi connectivity index (χ0) is 17.3. The summed E-state index contributed by atoms with van der Waals surface area (Å²) in [6, 6.07) is 0. The number of carbonyl (C=O) groups excluding carboxylic acids is 2. The van der Waals surface area contributed by atoms with Crippen molar-refractivity contribution in [1.82, 2.24) is 0 Å². The molecule has 0 unspecified atom stereocenters. The van der Waals surface area contributed by atoms with Gasteiger partial charge < -0.3 is 5.11 Å². The van der Waals surface area contributed by atoms with Crippen molar-refractivity contribution in [2.24, 2.45) is 28.6 Å². The number of carbonyl (C=O) groups is 2. The van der Waals surface area contributed by atoms with Crippen LogP contribution >= 0.6 is 0 Å². The van der Waals surface area contributed by atoms with Crippen molar-refractivity contribution in [2.75, 3.05) is 0 Å². The van der Waals surface area contributed by atoms with Crippen molar-refractivity contribution in [1.29, 1.82) is 0 Å². The molecule has 0 saturated heterocycles. The fraction of sp³-hybridized carbons (Fsp3) is 0.810. The molecule has 0 heterocycles. The first kappa shape index (κ1) is 16.5. The molecule has 0 spiro atoms. The van der Waals surface area contributed by atoms with Gasteiger partial charge in [-0.15, -0.1) is 0 Å². The van der Waals surface area contributed by atoms with Crippen molar-refractivity contribution >= 4 is 11.6 Å². The van der Waals surface area contributed by atoms with E-state index in [0.29, 0.717) is 12.3 Å². The number of aliphatic hydroxyl groups is 1. The van der Waals surface area contributed by atoms with Crippen LogP contribution in [0.2, 0.25) is 0 Å². The highest BCUT2D eigenvalue weighted by Gasteiger charge is 2.67. The van der Waals surface area contributed by atoms with E-state index in [1.165, 1.54) is 5.57 Å². The van der Waals surface area contributed by atoms with Gasteiger partial charge in [0.05, 0.1) is 5.60 Å². The van der Waals surface area contributed by atoms with E-state index in [0.717, 1.165) is 44.9 Å². The predicted molar refractivity (Wildman–Crippen MR) is 92.3 cm³/mol. The first-order valence-electron chi connectivity index (χ1n) is 9.69. The summed E-state index contributed by atoms with van der Waals surface area (Å²) in [7, 11) is 0. The Bertz CT molecular complexity index is 635. The molecule has 0 aromatic rings. The fourth-order valence-electron chi connectivity index (χ4n) is 7.18. The van der Waals surface area contributed by atoms with E-state index in [4.69, 9.17) is 0 Å². The Labute approximate surface area is 144 Å². The molecule has 4 rings (SSSR count). The Kier molecular flexibility index (Phi) is 3.46. The lowest BCUT2D eigenvalue weighted by atomic mass is 9.45. The van der Waals surface area contributed by atoms with Crippen LogP contribution in [0, 0.1) is 28.6 Å². The van der Waals surface area contributed by atoms with Gasteiger partial charge in [-0.25, -0.2) is 0 Å². The highest BCUT2D eigenvalue weighted by molar-refractivity contribution is 5.91. The molecular weight excluding hydrogens is 300 g/mol. The summed E-state index contributed by atoms with van der Waals surface area (Å²) in [6.45, 7) is 6.19. The number of ketones is 2. The SMILES string of the molecule is CC(=O)[C@H]1CC[C@@]2(O)[C@@H]3CCC4=CC(=O)CC[C@]4(C)[C@H]3CC[C@]12C. The molecule has 0 radical (unpaired) electrons. The molecule has 3 heteroatoms. The highest BCUT2D eigenvalue weighted by Crippen LogP contribution is 2.68. The lowest BCUT2D eigenvalue weighted by Gasteiger charge is -2.61. The summed E-state index contributed by atoms with van der Waals surface area (Å²) in [5, 5.41) is 11.8. The molecule has 24 heavy (non-hydrogen) atoms. The lowest BCUT2D eigenvalue weighted by molar-refractivity contribution is -0.185. The van der Waals surface area contributed by atoms with Gasteiger partial charge in [-0.05, 0) is 75.2 Å². The van der Waals surface area contributed by atoms with E-state index in [1.54, 1.807) is 6.92 Å². The Morgan fingerprint density at radius 2 is 1.83 bits per heavy atom. The highest BCUT2D eigenvalue weighted by atomic mass is 16.3. The summed E-state index contributed by atoms with van der Waals surface area (Å²) >= 11 is 0. The third-order valence-corrected chi connectivity index (χ3v) is 8.64. The Morgan fingerprint density at radius 3 is 2.54 bits per heavy atom. The molecule has 3 nitrogen and oxygen atoms in total. The minimum Gasteiger partial charge on any atom is -0.389 e. The zero-order valence-corrected chi connectivity index (χ0v) is 15.2. The number of fused-ring (bicyclic) bond motifs is 5. The van der Waals surface area contributed by atoms with Gasteiger partial charge in [0.15, 0.2) is 5.78 Å². The van der Waals surface area contributed by atoms with Gasteiger partial charge >= 0.3 is 0 Å². The molecule has 0 amide bonds. The monoisotopic (exact) mass is 330 g/mol. The number of rotatable bonds is 1. The maximum atomic E-state index is 12.2. The molecule has 132 valence electrons. The molecule has 0 bridgehead atoms. The van der Waals surface area contributed by atoms with Crippen LogP contribution in [0.5, 0.6) is 0 Å². The normalized spacial score (nSPS) is 50.6. The van der Waals surface area contributed by atoms with E-state index >= 15 is 0 Å².